The minimum atomic E-state index is -0.402. The quantitative estimate of drug-likeness (QED) is 0.471. The molecule has 2 aromatic carbocycles. The number of aromatic nitrogens is 1. The normalized spacial score (nSPS) is 10.4. The molecule has 1 aromatic heterocycles. The van der Waals surface area contributed by atoms with Gasteiger partial charge in [0.25, 0.3) is 5.91 Å². The molecule has 31 heavy (non-hydrogen) atoms. The van der Waals surface area contributed by atoms with Crippen LogP contribution in [0.5, 0.6) is 5.75 Å². The van der Waals surface area contributed by atoms with Crippen molar-refractivity contribution in [1.29, 1.82) is 0 Å². The number of ether oxygens (including phenoxy) is 2. The number of hydrogen-bond acceptors (Lipinski definition) is 5. The van der Waals surface area contributed by atoms with Crippen LogP contribution in [0.1, 0.15) is 28.4 Å². The van der Waals surface area contributed by atoms with Crippen molar-refractivity contribution in [2.45, 2.75) is 20.4 Å². The first kappa shape index (κ1) is 22.3. The average molecular weight is 439 g/mol. The van der Waals surface area contributed by atoms with Crippen molar-refractivity contribution < 1.29 is 19.1 Å². The van der Waals surface area contributed by atoms with Gasteiger partial charge in [-0.1, -0.05) is 17.7 Å². The molecule has 1 heterocycles. The van der Waals surface area contributed by atoms with Crippen LogP contribution in [0, 0.1) is 6.92 Å². The van der Waals surface area contributed by atoms with Gasteiger partial charge in [0.1, 0.15) is 5.75 Å². The molecule has 1 amide bonds. The van der Waals surface area contributed by atoms with Gasteiger partial charge >= 0.3 is 5.97 Å². The Bertz CT molecular complexity index is 1040. The van der Waals surface area contributed by atoms with Crippen LogP contribution in [0.2, 0.25) is 5.02 Å². The molecule has 0 aliphatic rings. The minimum absolute atomic E-state index is 0.150. The summed E-state index contributed by atoms with van der Waals surface area (Å²) >= 11 is 5.99. The lowest BCUT2D eigenvalue weighted by molar-refractivity contribution is -0.120. The molecule has 3 aromatic rings. The van der Waals surface area contributed by atoms with Gasteiger partial charge in [0.15, 0.2) is 6.61 Å². The molecular weight excluding hydrogens is 416 g/mol. The summed E-state index contributed by atoms with van der Waals surface area (Å²) in [7, 11) is 0. The fourth-order valence-corrected chi connectivity index (χ4v) is 3.21. The maximum Gasteiger partial charge on any atom is 0.338 e. The first-order valence-electron chi connectivity index (χ1n) is 9.83. The fraction of sp³-hybridized carbons (Fsp3) is 0.208. The molecule has 0 radical (unpaired) electrons. The Morgan fingerprint density at radius 1 is 1.10 bits per heavy atom. The van der Waals surface area contributed by atoms with E-state index in [1.807, 2.05) is 19.1 Å². The van der Waals surface area contributed by atoms with Crippen LogP contribution in [0.3, 0.4) is 0 Å². The molecule has 0 saturated carbocycles. The van der Waals surface area contributed by atoms with E-state index in [1.54, 1.807) is 66.7 Å². The molecule has 0 saturated heterocycles. The van der Waals surface area contributed by atoms with E-state index >= 15 is 0 Å². The lowest BCUT2D eigenvalue weighted by Gasteiger charge is -2.23. The summed E-state index contributed by atoms with van der Waals surface area (Å²) in [6.45, 7) is 4.08. The van der Waals surface area contributed by atoms with E-state index in [0.717, 1.165) is 11.1 Å². The Morgan fingerprint density at radius 2 is 1.87 bits per heavy atom. The maximum atomic E-state index is 13.1. The number of hydrogen-bond donors (Lipinski definition) is 0. The van der Waals surface area contributed by atoms with Gasteiger partial charge < -0.3 is 14.4 Å². The maximum absolute atomic E-state index is 13.1. The number of carbonyl (C=O) groups is 2. The predicted octanol–water partition coefficient (Wildman–Crippen LogP) is 4.83. The largest absolute Gasteiger partial charge is 0.483 e. The van der Waals surface area contributed by atoms with Crippen LogP contribution in [0.4, 0.5) is 5.69 Å². The number of pyridine rings is 1. The summed E-state index contributed by atoms with van der Waals surface area (Å²) in [6.07, 6.45) is 3.38. The second-order valence-corrected chi connectivity index (χ2v) is 7.24. The van der Waals surface area contributed by atoms with Crippen molar-refractivity contribution >= 4 is 29.2 Å². The summed E-state index contributed by atoms with van der Waals surface area (Å²) in [5, 5.41) is 0.607. The zero-order valence-corrected chi connectivity index (χ0v) is 18.1. The van der Waals surface area contributed by atoms with E-state index < -0.39 is 5.97 Å². The van der Waals surface area contributed by atoms with E-state index in [4.69, 9.17) is 21.1 Å². The fourth-order valence-electron chi connectivity index (χ4n) is 2.98. The molecule has 0 aliphatic carbocycles. The summed E-state index contributed by atoms with van der Waals surface area (Å²) in [4.78, 5) is 30.7. The molecule has 160 valence electrons. The van der Waals surface area contributed by atoms with E-state index in [-0.39, 0.29) is 12.5 Å². The van der Waals surface area contributed by atoms with Gasteiger partial charge in [0, 0.05) is 23.1 Å². The number of anilines is 1. The number of amides is 1. The van der Waals surface area contributed by atoms with E-state index in [0.29, 0.717) is 35.2 Å². The smallest absolute Gasteiger partial charge is 0.338 e. The van der Waals surface area contributed by atoms with Crippen LogP contribution in [0.25, 0.3) is 0 Å². The van der Waals surface area contributed by atoms with Crippen LogP contribution in [0.15, 0.2) is 67.0 Å². The highest BCUT2D eigenvalue weighted by molar-refractivity contribution is 6.30. The first-order chi connectivity index (χ1) is 15.0. The van der Waals surface area contributed by atoms with E-state index in [1.165, 1.54) is 0 Å². The topological polar surface area (TPSA) is 68.7 Å². The zero-order valence-electron chi connectivity index (χ0n) is 17.4. The van der Waals surface area contributed by atoms with Crippen molar-refractivity contribution in [2.24, 2.45) is 0 Å². The molecule has 0 spiro atoms. The second-order valence-electron chi connectivity index (χ2n) is 6.81. The summed E-state index contributed by atoms with van der Waals surface area (Å²) in [5.74, 6) is -0.0421. The number of carbonyl (C=O) groups excluding carboxylic acids is 2. The highest BCUT2D eigenvalue weighted by Crippen LogP contribution is 2.23. The highest BCUT2D eigenvalue weighted by Gasteiger charge is 2.18. The van der Waals surface area contributed by atoms with Crippen LogP contribution < -0.4 is 9.64 Å². The number of esters is 1. The lowest BCUT2D eigenvalue weighted by Crippen LogP contribution is -2.34. The molecule has 7 heteroatoms. The Morgan fingerprint density at radius 3 is 2.52 bits per heavy atom. The van der Waals surface area contributed by atoms with Gasteiger partial charge in [-0.2, -0.15) is 0 Å². The van der Waals surface area contributed by atoms with Gasteiger partial charge in [0.2, 0.25) is 0 Å². The third kappa shape index (κ3) is 6.06. The molecule has 0 fully saturated rings. The molecule has 0 atom stereocenters. The summed E-state index contributed by atoms with van der Waals surface area (Å²) in [5.41, 5.74) is 2.77. The van der Waals surface area contributed by atoms with Gasteiger partial charge in [-0.3, -0.25) is 9.78 Å². The molecule has 0 N–H and O–H groups in total. The van der Waals surface area contributed by atoms with Crippen molar-refractivity contribution in [2.75, 3.05) is 18.1 Å². The summed E-state index contributed by atoms with van der Waals surface area (Å²) < 4.78 is 10.8. The Labute approximate surface area is 186 Å². The third-order valence-corrected chi connectivity index (χ3v) is 4.78. The SMILES string of the molecule is CCOC(=O)c1ccc(N(Cc2cccnc2)C(=O)COc2ccc(Cl)cc2C)cc1. The third-order valence-electron chi connectivity index (χ3n) is 4.54. The van der Waals surface area contributed by atoms with Crippen molar-refractivity contribution in [3.63, 3.8) is 0 Å². The molecule has 3 rings (SSSR count). The van der Waals surface area contributed by atoms with Gasteiger partial charge in [0.05, 0.1) is 18.7 Å². The second kappa shape index (κ2) is 10.6. The van der Waals surface area contributed by atoms with Crippen LogP contribution in [-0.2, 0) is 16.1 Å². The van der Waals surface area contributed by atoms with E-state index in [9.17, 15) is 9.59 Å². The van der Waals surface area contributed by atoms with Crippen molar-refractivity contribution in [3.8, 4) is 5.75 Å². The lowest BCUT2D eigenvalue weighted by atomic mass is 10.1. The Kier molecular flexibility index (Phi) is 7.62. The molecule has 6 nitrogen and oxygen atoms in total. The molecular formula is C24H23ClN2O4. The average Bonchev–Trinajstić information content (AvgIpc) is 2.78. The summed E-state index contributed by atoms with van der Waals surface area (Å²) in [6, 6.07) is 15.7. The Hall–Kier alpha value is -3.38. The van der Waals surface area contributed by atoms with Gasteiger partial charge in [-0.05, 0) is 73.5 Å². The molecule has 0 aliphatic heterocycles. The number of aryl methyl sites for hydroxylation is 1. The Balaban J connectivity index is 1.80. The van der Waals surface area contributed by atoms with Crippen LogP contribution >= 0.6 is 11.6 Å². The van der Waals surface area contributed by atoms with Crippen LogP contribution in [-0.4, -0.2) is 30.1 Å². The van der Waals surface area contributed by atoms with Gasteiger partial charge in [-0.15, -0.1) is 0 Å². The van der Waals surface area contributed by atoms with E-state index in [2.05, 4.69) is 4.98 Å². The zero-order chi connectivity index (χ0) is 22.2. The standard InChI is InChI=1S/C24H23ClN2O4/c1-3-30-24(29)19-6-9-21(10-7-19)27(15-18-5-4-12-26-14-18)23(28)16-31-22-11-8-20(25)13-17(22)2/h4-14H,3,15-16H2,1-2H3. The highest BCUT2D eigenvalue weighted by atomic mass is 35.5. The number of halogens is 1. The first-order valence-corrected chi connectivity index (χ1v) is 10.2. The van der Waals surface area contributed by atoms with Crippen molar-refractivity contribution in [1.82, 2.24) is 4.98 Å². The number of rotatable bonds is 8. The minimum Gasteiger partial charge on any atom is -0.483 e. The number of benzene rings is 2. The monoisotopic (exact) mass is 438 g/mol. The van der Waals surface area contributed by atoms with Crippen molar-refractivity contribution in [3.05, 3.63) is 88.7 Å². The number of nitrogens with zero attached hydrogens (tertiary/aromatic N) is 2. The molecule has 0 unspecified atom stereocenters. The molecule has 0 bridgehead atoms. The van der Waals surface area contributed by atoms with Gasteiger partial charge in [-0.25, -0.2) is 4.79 Å². The predicted molar refractivity (Wildman–Crippen MR) is 120 cm³/mol.